The monoisotopic (exact) mass is 298 g/mol. The number of aliphatic imine (C=N–C) groups is 1. The third-order valence-corrected chi connectivity index (χ3v) is 2.55. The van der Waals surface area contributed by atoms with Crippen molar-refractivity contribution in [1.82, 2.24) is 0 Å². The fraction of sp³-hybridized carbons (Fsp3) is 0.214. The van der Waals surface area contributed by atoms with Gasteiger partial charge >= 0.3 is 6.18 Å². The van der Waals surface area contributed by atoms with E-state index in [0.29, 0.717) is 6.42 Å². The van der Waals surface area contributed by atoms with Crippen LogP contribution in [-0.4, -0.2) is 17.3 Å². The largest absolute Gasteiger partial charge is 0.432 e. The van der Waals surface area contributed by atoms with Crippen LogP contribution < -0.4 is 0 Å². The second-order valence-corrected chi connectivity index (χ2v) is 4.34. The van der Waals surface area contributed by atoms with Crippen molar-refractivity contribution in [3.63, 3.8) is 0 Å². The molecule has 1 rings (SSSR count). The van der Waals surface area contributed by atoms with Gasteiger partial charge in [0, 0.05) is 18.3 Å². The van der Waals surface area contributed by atoms with Gasteiger partial charge in [-0.15, -0.1) is 0 Å². The molecule has 0 aliphatic heterocycles. The van der Waals surface area contributed by atoms with Crippen LogP contribution in [-0.2, 0) is 6.42 Å². The molecular weight excluding hydrogens is 285 g/mol. The first-order valence-corrected chi connectivity index (χ1v) is 5.89. The van der Waals surface area contributed by atoms with Gasteiger partial charge in [0.2, 0.25) is 0 Å². The number of allylic oxidation sites excluding steroid dienone is 3. The normalized spacial score (nSPS) is 12.7. The number of hydrogen-bond acceptors (Lipinski definition) is 3. The van der Waals surface area contributed by atoms with E-state index >= 15 is 0 Å². The maximum atomic E-state index is 12.1. The molecule has 0 radical (unpaired) electrons. The predicted octanol–water partition coefficient (Wildman–Crippen LogP) is 4.23. The van der Waals surface area contributed by atoms with Gasteiger partial charge in [0.1, 0.15) is 5.70 Å². The molecule has 0 N–H and O–H groups in total. The van der Waals surface area contributed by atoms with Gasteiger partial charge in [-0.3, -0.25) is 15.1 Å². The standard InChI is InChI=1S/C14H13F3N2O2/c1-10(7-8-18-11(2)14(15,16)17)9-12-3-5-13(6-4-12)19(20)21/h3-8H,2,9H2,1H3/b10-7+,18-8?. The lowest BCUT2D eigenvalue weighted by atomic mass is 10.1. The van der Waals surface area contributed by atoms with E-state index in [-0.39, 0.29) is 5.69 Å². The van der Waals surface area contributed by atoms with Crippen LogP contribution >= 0.6 is 0 Å². The van der Waals surface area contributed by atoms with Gasteiger partial charge in [0.05, 0.1) is 4.92 Å². The summed E-state index contributed by atoms with van der Waals surface area (Å²) in [6, 6.07) is 5.95. The SMILES string of the molecule is C=C(N=C/C=C(\C)Cc1ccc([N+](=O)[O-])cc1)C(F)(F)F. The van der Waals surface area contributed by atoms with E-state index < -0.39 is 16.8 Å². The molecule has 112 valence electrons. The van der Waals surface area contributed by atoms with Crippen molar-refractivity contribution < 1.29 is 18.1 Å². The summed E-state index contributed by atoms with van der Waals surface area (Å²) in [5.41, 5.74) is 0.408. The average molecular weight is 298 g/mol. The number of nitro benzene ring substituents is 1. The summed E-state index contributed by atoms with van der Waals surface area (Å²) < 4.78 is 36.4. The zero-order chi connectivity index (χ0) is 16.0. The van der Waals surface area contributed by atoms with E-state index in [9.17, 15) is 23.3 Å². The van der Waals surface area contributed by atoms with Crippen LogP contribution in [0.4, 0.5) is 18.9 Å². The van der Waals surface area contributed by atoms with Crippen LogP contribution in [0, 0.1) is 10.1 Å². The minimum Gasteiger partial charge on any atom is -0.258 e. The second kappa shape index (κ2) is 6.83. The van der Waals surface area contributed by atoms with E-state index in [2.05, 4.69) is 11.6 Å². The van der Waals surface area contributed by atoms with Gasteiger partial charge in [-0.05, 0) is 25.0 Å². The van der Waals surface area contributed by atoms with Crippen LogP contribution in [0.25, 0.3) is 0 Å². The summed E-state index contributed by atoms with van der Waals surface area (Å²) in [7, 11) is 0. The molecule has 4 nitrogen and oxygen atoms in total. The zero-order valence-electron chi connectivity index (χ0n) is 11.2. The molecule has 0 saturated carbocycles. The minimum absolute atomic E-state index is 0.0107. The number of benzene rings is 1. The minimum atomic E-state index is -4.53. The lowest BCUT2D eigenvalue weighted by molar-refractivity contribution is -0.384. The van der Waals surface area contributed by atoms with Crippen molar-refractivity contribution in [1.29, 1.82) is 0 Å². The molecule has 0 amide bonds. The highest BCUT2D eigenvalue weighted by molar-refractivity contribution is 5.73. The molecule has 0 bridgehead atoms. The summed E-state index contributed by atoms with van der Waals surface area (Å²) in [6.07, 6.45) is -1.59. The topological polar surface area (TPSA) is 55.5 Å². The molecule has 21 heavy (non-hydrogen) atoms. The third kappa shape index (κ3) is 5.60. The Kier molecular flexibility index (Phi) is 5.40. The highest BCUT2D eigenvalue weighted by Crippen LogP contribution is 2.24. The van der Waals surface area contributed by atoms with Crippen molar-refractivity contribution in [2.24, 2.45) is 4.99 Å². The number of rotatable bonds is 5. The van der Waals surface area contributed by atoms with Crippen molar-refractivity contribution in [2.75, 3.05) is 0 Å². The number of halogens is 3. The Morgan fingerprint density at radius 2 is 1.95 bits per heavy atom. The lowest BCUT2D eigenvalue weighted by Gasteiger charge is -2.03. The van der Waals surface area contributed by atoms with Gasteiger partial charge in [-0.1, -0.05) is 24.3 Å². The molecular formula is C14H13F3N2O2. The fourth-order valence-electron chi connectivity index (χ4n) is 1.44. The summed E-state index contributed by atoms with van der Waals surface area (Å²) in [4.78, 5) is 13.2. The molecule has 1 aromatic carbocycles. The van der Waals surface area contributed by atoms with Crippen molar-refractivity contribution >= 4 is 11.9 Å². The van der Waals surface area contributed by atoms with Gasteiger partial charge < -0.3 is 0 Å². The Hall–Kier alpha value is -2.44. The Morgan fingerprint density at radius 1 is 1.38 bits per heavy atom. The second-order valence-electron chi connectivity index (χ2n) is 4.34. The summed E-state index contributed by atoms with van der Waals surface area (Å²) in [6.45, 7) is 4.54. The van der Waals surface area contributed by atoms with Gasteiger partial charge in [0.15, 0.2) is 0 Å². The molecule has 0 saturated heterocycles. The zero-order valence-corrected chi connectivity index (χ0v) is 11.2. The van der Waals surface area contributed by atoms with Crippen molar-refractivity contribution in [2.45, 2.75) is 19.5 Å². The van der Waals surface area contributed by atoms with E-state index in [4.69, 9.17) is 0 Å². The van der Waals surface area contributed by atoms with E-state index in [1.54, 1.807) is 19.1 Å². The van der Waals surface area contributed by atoms with Crippen molar-refractivity contribution in [3.05, 3.63) is 63.9 Å². The molecule has 0 atom stereocenters. The quantitative estimate of drug-likeness (QED) is 0.464. The van der Waals surface area contributed by atoms with E-state index in [1.807, 2.05) is 0 Å². The van der Waals surface area contributed by atoms with Gasteiger partial charge in [0.25, 0.3) is 5.69 Å². The number of hydrogen-bond donors (Lipinski definition) is 0. The highest BCUT2D eigenvalue weighted by atomic mass is 19.4. The molecule has 0 spiro atoms. The molecule has 0 aliphatic rings. The lowest BCUT2D eigenvalue weighted by Crippen LogP contribution is -2.08. The number of non-ortho nitro benzene ring substituents is 1. The van der Waals surface area contributed by atoms with Crippen molar-refractivity contribution in [3.8, 4) is 0 Å². The van der Waals surface area contributed by atoms with Crippen LogP contribution in [0.2, 0.25) is 0 Å². The summed E-state index contributed by atoms with van der Waals surface area (Å²) >= 11 is 0. The predicted molar refractivity (Wildman–Crippen MR) is 74.2 cm³/mol. The fourth-order valence-corrected chi connectivity index (χ4v) is 1.44. The third-order valence-electron chi connectivity index (χ3n) is 2.55. The molecule has 0 heterocycles. The van der Waals surface area contributed by atoms with E-state index in [0.717, 1.165) is 17.4 Å². The first kappa shape index (κ1) is 16.6. The maximum absolute atomic E-state index is 12.1. The summed E-state index contributed by atoms with van der Waals surface area (Å²) in [5, 5.41) is 10.5. The Labute approximate surface area is 119 Å². The molecule has 1 aromatic rings. The van der Waals surface area contributed by atoms with Crippen LogP contribution in [0.15, 0.2) is 53.2 Å². The Morgan fingerprint density at radius 3 is 2.43 bits per heavy atom. The molecule has 0 unspecified atom stereocenters. The van der Waals surface area contributed by atoms with E-state index in [1.165, 1.54) is 18.2 Å². The Bertz CT molecular complexity index is 587. The smallest absolute Gasteiger partial charge is 0.258 e. The molecule has 0 fully saturated rings. The number of nitro groups is 1. The number of nitrogens with zero attached hydrogens (tertiary/aromatic N) is 2. The first-order chi connectivity index (χ1) is 9.70. The maximum Gasteiger partial charge on any atom is 0.432 e. The van der Waals surface area contributed by atoms with Gasteiger partial charge in [-0.2, -0.15) is 13.2 Å². The Balaban J connectivity index is 2.66. The van der Waals surface area contributed by atoms with Crippen LogP contribution in [0.5, 0.6) is 0 Å². The van der Waals surface area contributed by atoms with Crippen LogP contribution in [0.3, 0.4) is 0 Å². The first-order valence-electron chi connectivity index (χ1n) is 5.89. The summed E-state index contributed by atoms with van der Waals surface area (Å²) in [5.74, 6) is 0. The molecule has 7 heteroatoms. The average Bonchev–Trinajstić information content (AvgIpc) is 2.38. The molecule has 0 aliphatic carbocycles. The van der Waals surface area contributed by atoms with Gasteiger partial charge in [-0.25, -0.2) is 0 Å². The van der Waals surface area contributed by atoms with Crippen LogP contribution in [0.1, 0.15) is 12.5 Å². The molecule has 0 aromatic heterocycles. The highest BCUT2D eigenvalue weighted by Gasteiger charge is 2.31. The number of alkyl halides is 3.